The number of aliphatic carboxylic acids is 2. The molecule has 2 fully saturated rings. The van der Waals surface area contributed by atoms with Gasteiger partial charge in [-0.1, -0.05) is 95.4 Å². The summed E-state index contributed by atoms with van der Waals surface area (Å²) in [7, 11) is 0. The number of carbonyl (C=O) groups excluding carboxylic acids is 2. The summed E-state index contributed by atoms with van der Waals surface area (Å²) in [5.41, 5.74) is 1.78. The quantitative estimate of drug-likeness (QED) is 0.460. The zero-order valence-electron chi connectivity index (χ0n) is 19.1. The fourth-order valence-corrected chi connectivity index (χ4v) is 5.05. The minimum atomic E-state index is -1.67. The third kappa shape index (κ3) is 7.04. The molecule has 1 aliphatic heterocycles. The van der Waals surface area contributed by atoms with Crippen molar-refractivity contribution < 1.29 is 29.3 Å². The molecule has 2 unspecified atom stereocenters. The van der Waals surface area contributed by atoms with Gasteiger partial charge in [-0.15, -0.1) is 0 Å². The molecule has 0 aromatic heterocycles. The van der Waals surface area contributed by atoms with Crippen LogP contribution in [0.1, 0.15) is 95.0 Å². The van der Waals surface area contributed by atoms with E-state index in [1.54, 1.807) is 12.1 Å². The van der Waals surface area contributed by atoms with Crippen molar-refractivity contribution >= 4 is 11.9 Å². The third-order valence-corrected chi connectivity index (χ3v) is 7.04. The lowest BCUT2D eigenvalue weighted by molar-refractivity contribution is -0.327. The van der Waals surface area contributed by atoms with Crippen LogP contribution in [0, 0.1) is 11.8 Å². The average molecular weight is 445 g/mol. The van der Waals surface area contributed by atoms with E-state index in [0.717, 1.165) is 24.7 Å². The maximum Gasteiger partial charge on any atom is 0.185 e. The molecule has 1 heterocycles. The number of unbranched alkanes of at least 4 members (excludes halogenated alkanes) is 3. The van der Waals surface area contributed by atoms with Gasteiger partial charge < -0.3 is 29.3 Å². The average Bonchev–Trinajstić information content (AvgIpc) is 3.25. The summed E-state index contributed by atoms with van der Waals surface area (Å²) in [6.45, 7) is 2.27. The molecule has 2 aliphatic rings. The van der Waals surface area contributed by atoms with Crippen LogP contribution in [-0.4, -0.2) is 24.1 Å². The van der Waals surface area contributed by atoms with Crippen LogP contribution in [0.25, 0.3) is 0 Å². The van der Waals surface area contributed by atoms with Crippen LogP contribution >= 0.6 is 0 Å². The Morgan fingerprint density at radius 2 is 1.31 bits per heavy atom. The van der Waals surface area contributed by atoms with Crippen LogP contribution in [0.4, 0.5) is 0 Å². The number of carboxylic acids is 2. The molecule has 3 rings (SSSR count). The van der Waals surface area contributed by atoms with E-state index in [4.69, 9.17) is 9.47 Å². The van der Waals surface area contributed by atoms with Crippen molar-refractivity contribution in [3.05, 3.63) is 35.4 Å². The van der Waals surface area contributed by atoms with Gasteiger partial charge in [0.1, 0.15) is 12.2 Å². The van der Waals surface area contributed by atoms with E-state index < -0.39 is 30.4 Å². The molecule has 6 nitrogen and oxygen atoms in total. The van der Waals surface area contributed by atoms with E-state index in [-0.39, 0.29) is 0 Å². The molecule has 1 saturated heterocycles. The van der Waals surface area contributed by atoms with Crippen molar-refractivity contribution in [3.63, 3.8) is 0 Å². The SMILES string of the molecule is CCCCCC1CCC(CCCCc2ccc(C3OC(C(=O)[O-])C(C(=O)[O-])O3)cc2)CC1. The molecule has 32 heavy (non-hydrogen) atoms. The molecule has 0 amide bonds. The molecular formula is C26H36O6-2. The van der Waals surface area contributed by atoms with Crippen LogP contribution < -0.4 is 10.2 Å². The van der Waals surface area contributed by atoms with Gasteiger partial charge in [0.05, 0.1) is 11.9 Å². The molecule has 1 aliphatic carbocycles. The fraction of sp³-hybridized carbons (Fsp3) is 0.692. The first-order valence-electron chi connectivity index (χ1n) is 12.3. The topological polar surface area (TPSA) is 98.7 Å². The number of hydrogen-bond donors (Lipinski definition) is 0. The summed E-state index contributed by atoms with van der Waals surface area (Å²) in [6.07, 6.45) is 11.4. The van der Waals surface area contributed by atoms with Crippen LogP contribution in [0.3, 0.4) is 0 Å². The lowest BCUT2D eigenvalue weighted by Gasteiger charge is -2.28. The maximum atomic E-state index is 11.1. The Balaban J connectivity index is 1.35. The van der Waals surface area contributed by atoms with E-state index in [1.165, 1.54) is 69.8 Å². The fourth-order valence-electron chi connectivity index (χ4n) is 5.05. The largest absolute Gasteiger partial charge is 0.547 e. The summed E-state index contributed by atoms with van der Waals surface area (Å²) in [6, 6.07) is 7.52. The number of rotatable bonds is 12. The maximum absolute atomic E-state index is 11.1. The highest BCUT2D eigenvalue weighted by Gasteiger charge is 2.38. The second kappa shape index (κ2) is 12.4. The zero-order chi connectivity index (χ0) is 22.9. The van der Waals surface area contributed by atoms with Gasteiger partial charge in [-0.2, -0.15) is 0 Å². The van der Waals surface area contributed by atoms with Crippen LogP contribution in [-0.2, 0) is 25.5 Å². The normalized spacial score (nSPS) is 28.0. The van der Waals surface area contributed by atoms with Crippen molar-refractivity contribution in [2.24, 2.45) is 11.8 Å². The van der Waals surface area contributed by atoms with E-state index in [2.05, 4.69) is 6.92 Å². The highest BCUT2D eigenvalue weighted by atomic mass is 16.7. The molecule has 0 spiro atoms. The smallest absolute Gasteiger partial charge is 0.185 e. The summed E-state index contributed by atoms with van der Waals surface area (Å²) in [5, 5.41) is 22.1. The molecule has 1 aromatic rings. The first-order valence-corrected chi connectivity index (χ1v) is 12.3. The first-order chi connectivity index (χ1) is 15.5. The van der Waals surface area contributed by atoms with Crippen LogP contribution in [0.5, 0.6) is 0 Å². The zero-order valence-corrected chi connectivity index (χ0v) is 19.1. The predicted molar refractivity (Wildman–Crippen MR) is 116 cm³/mol. The van der Waals surface area contributed by atoms with E-state index >= 15 is 0 Å². The number of ether oxygens (including phenoxy) is 2. The Bertz CT molecular complexity index is 700. The minimum absolute atomic E-state index is 0.583. The highest BCUT2D eigenvalue weighted by molar-refractivity contribution is 5.82. The number of aryl methyl sites for hydroxylation is 1. The summed E-state index contributed by atoms with van der Waals surface area (Å²) in [5.74, 6) is -1.38. The van der Waals surface area contributed by atoms with Gasteiger partial charge in [0, 0.05) is 5.56 Å². The Labute approximate surface area is 191 Å². The summed E-state index contributed by atoms with van der Waals surface area (Å²) < 4.78 is 10.4. The third-order valence-electron chi connectivity index (χ3n) is 7.04. The van der Waals surface area contributed by atoms with Crippen molar-refractivity contribution in [1.82, 2.24) is 0 Å². The van der Waals surface area contributed by atoms with Gasteiger partial charge >= 0.3 is 0 Å². The molecule has 1 saturated carbocycles. The second-order valence-corrected chi connectivity index (χ2v) is 9.45. The Hall–Kier alpha value is -1.92. The highest BCUT2D eigenvalue weighted by Crippen LogP contribution is 2.35. The molecule has 2 atom stereocenters. The van der Waals surface area contributed by atoms with Crippen molar-refractivity contribution in [1.29, 1.82) is 0 Å². The van der Waals surface area contributed by atoms with Crippen LogP contribution in [0.2, 0.25) is 0 Å². The molecule has 1 aromatic carbocycles. The number of carbonyl (C=O) groups is 2. The summed E-state index contributed by atoms with van der Waals surface area (Å²) in [4.78, 5) is 22.1. The standard InChI is InChI=1S/C26H38O6/c1-2-3-4-7-18-10-12-19(13-11-18)8-5-6-9-20-14-16-21(17-15-20)26-31-22(24(27)28)23(32-26)25(29)30/h14-19,22-23,26H,2-13H2,1H3,(H,27,28)(H,29,30)/p-2. The Morgan fingerprint density at radius 3 is 1.78 bits per heavy atom. The predicted octanol–water partition coefficient (Wildman–Crippen LogP) is 3.07. The van der Waals surface area contributed by atoms with Crippen LogP contribution in [0.15, 0.2) is 24.3 Å². The summed E-state index contributed by atoms with van der Waals surface area (Å²) >= 11 is 0. The molecule has 0 radical (unpaired) electrons. The van der Waals surface area contributed by atoms with Gasteiger partial charge in [0.25, 0.3) is 0 Å². The van der Waals surface area contributed by atoms with Gasteiger partial charge in [0.15, 0.2) is 6.29 Å². The van der Waals surface area contributed by atoms with Crippen molar-refractivity contribution in [3.8, 4) is 0 Å². The number of carboxylic acid groups (broad SMARTS) is 2. The first kappa shape index (κ1) is 24.7. The Kier molecular flexibility index (Phi) is 9.54. The lowest BCUT2D eigenvalue weighted by atomic mass is 9.78. The number of hydrogen-bond acceptors (Lipinski definition) is 6. The van der Waals surface area contributed by atoms with Gasteiger partial charge in [0.2, 0.25) is 0 Å². The van der Waals surface area contributed by atoms with Gasteiger partial charge in [-0.05, 0) is 30.2 Å². The Morgan fingerprint density at radius 1 is 0.812 bits per heavy atom. The molecule has 6 heteroatoms. The lowest BCUT2D eigenvalue weighted by Crippen LogP contribution is -2.49. The minimum Gasteiger partial charge on any atom is -0.547 e. The molecular weight excluding hydrogens is 408 g/mol. The van der Waals surface area contributed by atoms with Crippen molar-refractivity contribution in [2.75, 3.05) is 0 Å². The molecule has 0 bridgehead atoms. The monoisotopic (exact) mass is 444 g/mol. The molecule has 178 valence electrons. The van der Waals surface area contributed by atoms with E-state index in [9.17, 15) is 19.8 Å². The van der Waals surface area contributed by atoms with Crippen molar-refractivity contribution in [2.45, 2.75) is 102 Å². The van der Waals surface area contributed by atoms with Gasteiger partial charge in [-0.3, -0.25) is 0 Å². The number of benzene rings is 1. The van der Waals surface area contributed by atoms with E-state index in [0.29, 0.717) is 5.56 Å². The molecule has 0 N–H and O–H groups in total. The van der Waals surface area contributed by atoms with Gasteiger partial charge in [-0.25, -0.2) is 0 Å². The van der Waals surface area contributed by atoms with E-state index in [1.807, 2.05) is 12.1 Å². The second-order valence-electron chi connectivity index (χ2n) is 9.45.